The summed E-state index contributed by atoms with van der Waals surface area (Å²) >= 11 is 0. The van der Waals surface area contributed by atoms with E-state index in [2.05, 4.69) is 22.6 Å². The van der Waals surface area contributed by atoms with Gasteiger partial charge in [-0.05, 0) is 31.8 Å². The van der Waals surface area contributed by atoms with Gasteiger partial charge >= 0.3 is 0 Å². The third kappa shape index (κ3) is 2.47. The average molecular weight is 222 g/mol. The first-order valence-corrected chi connectivity index (χ1v) is 5.93. The van der Waals surface area contributed by atoms with E-state index in [9.17, 15) is 4.79 Å². The number of aromatic nitrogens is 3. The SMILES string of the molecule is CCCn1nncc1C(=O)CC1CCNC1. The number of rotatable bonds is 5. The number of nitrogens with one attached hydrogen (secondary N) is 1. The van der Waals surface area contributed by atoms with Crippen molar-refractivity contribution in [1.82, 2.24) is 20.3 Å². The van der Waals surface area contributed by atoms with Gasteiger partial charge in [-0.15, -0.1) is 5.10 Å². The zero-order valence-corrected chi connectivity index (χ0v) is 9.65. The second-order valence-electron chi connectivity index (χ2n) is 4.33. The number of nitrogens with zero attached hydrogens (tertiary/aromatic N) is 3. The number of carbonyl (C=O) groups is 1. The van der Waals surface area contributed by atoms with E-state index in [0.717, 1.165) is 32.5 Å². The standard InChI is InChI=1S/C11H18N4O/c1-2-5-15-10(8-13-14-15)11(16)6-9-3-4-12-7-9/h8-9,12H,2-7H2,1H3. The maximum atomic E-state index is 12.0. The molecule has 1 aromatic rings. The predicted octanol–water partition coefficient (Wildman–Crippen LogP) is 0.870. The minimum Gasteiger partial charge on any atom is -0.316 e. The fourth-order valence-corrected chi connectivity index (χ4v) is 2.11. The fraction of sp³-hybridized carbons (Fsp3) is 0.727. The van der Waals surface area contributed by atoms with Crippen LogP contribution in [0, 0.1) is 5.92 Å². The lowest BCUT2D eigenvalue weighted by Gasteiger charge is -2.07. The minimum absolute atomic E-state index is 0.173. The third-order valence-electron chi connectivity index (χ3n) is 2.98. The quantitative estimate of drug-likeness (QED) is 0.751. The van der Waals surface area contributed by atoms with Crippen LogP contribution >= 0.6 is 0 Å². The predicted molar refractivity (Wildman–Crippen MR) is 60.2 cm³/mol. The molecular weight excluding hydrogens is 204 g/mol. The Balaban J connectivity index is 1.99. The van der Waals surface area contributed by atoms with Crippen molar-refractivity contribution in [2.24, 2.45) is 5.92 Å². The Morgan fingerprint density at radius 2 is 2.56 bits per heavy atom. The van der Waals surface area contributed by atoms with Gasteiger partial charge < -0.3 is 5.32 Å². The van der Waals surface area contributed by atoms with Gasteiger partial charge in [-0.25, -0.2) is 4.68 Å². The normalized spacial score (nSPS) is 20.2. The Kier molecular flexibility index (Phi) is 3.66. The van der Waals surface area contributed by atoms with Crippen LogP contribution in [0.3, 0.4) is 0 Å². The second kappa shape index (κ2) is 5.21. The second-order valence-corrected chi connectivity index (χ2v) is 4.33. The van der Waals surface area contributed by atoms with Crippen LogP contribution in [0.1, 0.15) is 36.7 Å². The molecule has 16 heavy (non-hydrogen) atoms. The molecule has 1 fully saturated rings. The van der Waals surface area contributed by atoms with Crippen LogP contribution in [-0.4, -0.2) is 33.9 Å². The van der Waals surface area contributed by atoms with Crippen LogP contribution in [0.25, 0.3) is 0 Å². The Morgan fingerprint density at radius 3 is 3.25 bits per heavy atom. The molecule has 1 saturated heterocycles. The van der Waals surface area contributed by atoms with Crippen LogP contribution < -0.4 is 5.32 Å². The van der Waals surface area contributed by atoms with Gasteiger partial charge in [0.05, 0.1) is 6.20 Å². The Hall–Kier alpha value is -1.23. The average Bonchev–Trinajstić information content (AvgIpc) is 2.89. The van der Waals surface area contributed by atoms with Crippen molar-refractivity contribution < 1.29 is 4.79 Å². The molecule has 0 radical (unpaired) electrons. The first kappa shape index (κ1) is 11.3. The molecule has 0 bridgehead atoms. The summed E-state index contributed by atoms with van der Waals surface area (Å²) in [6, 6.07) is 0. The van der Waals surface area contributed by atoms with E-state index in [0.29, 0.717) is 18.0 Å². The van der Waals surface area contributed by atoms with Crippen molar-refractivity contribution in [2.45, 2.75) is 32.7 Å². The van der Waals surface area contributed by atoms with Gasteiger partial charge in [0.2, 0.25) is 0 Å². The van der Waals surface area contributed by atoms with Crippen molar-refractivity contribution >= 4 is 5.78 Å². The van der Waals surface area contributed by atoms with Gasteiger partial charge in [0.1, 0.15) is 5.69 Å². The molecule has 2 heterocycles. The van der Waals surface area contributed by atoms with Gasteiger partial charge in [-0.3, -0.25) is 4.79 Å². The molecule has 1 N–H and O–H groups in total. The smallest absolute Gasteiger partial charge is 0.182 e. The van der Waals surface area contributed by atoms with E-state index in [-0.39, 0.29) is 5.78 Å². The molecule has 1 aliphatic heterocycles. The maximum Gasteiger partial charge on any atom is 0.182 e. The lowest BCUT2D eigenvalue weighted by molar-refractivity contribution is 0.0953. The molecule has 1 atom stereocenters. The number of hydrogen-bond acceptors (Lipinski definition) is 4. The molecule has 1 aliphatic rings. The van der Waals surface area contributed by atoms with Gasteiger partial charge in [0.25, 0.3) is 0 Å². The monoisotopic (exact) mass is 222 g/mol. The van der Waals surface area contributed by atoms with Crippen LogP contribution in [0.5, 0.6) is 0 Å². The highest BCUT2D eigenvalue weighted by Crippen LogP contribution is 2.15. The zero-order valence-electron chi connectivity index (χ0n) is 9.65. The zero-order chi connectivity index (χ0) is 11.4. The van der Waals surface area contributed by atoms with Crippen LogP contribution in [0.2, 0.25) is 0 Å². The molecule has 88 valence electrons. The fourth-order valence-electron chi connectivity index (χ4n) is 2.11. The number of Topliss-reactive ketones (excluding diaryl/α,β-unsaturated/α-hetero) is 1. The summed E-state index contributed by atoms with van der Waals surface area (Å²) in [4.78, 5) is 12.0. The Bertz CT molecular complexity index is 355. The summed E-state index contributed by atoms with van der Waals surface area (Å²) < 4.78 is 1.71. The molecule has 0 saturated carbocycles. The summed E-state index contributed by atoms with van der Waals surface area (Å²) in [5, 5.41) is 11.0. The van der Waals surface area contributed by atoms with Gasteiger partial charge in [-0.1, -0.05) is 12.1 Å². The minimum atomic E-state index is 0.173. The number of aryl methyl sites for hydroxylation is 1. The molecule has 5 nitrogen and oxygen atoms in total. The summed E-state index contributed by atoms with van der Waals surface area (Å²) in [6.45, 7) is 4.83. The molecule has 5 heteroatoms. The van der Waals surface area contributed by atoms with Crippen LogP contribution in [0.15, 0.2) is 6.20 Å². The lowest BCUT2D eigenvalue weighted by atomic mass is 10.0. The van der Waals surface area contributed by atoms with Crippen LogP contribution in [0.4, 0.5) is 0 Å². The van der Waals surface area contributed by atoms with E-state index in [4.69, 9.17) is 0 Å². The Labute approximate surface area is 95.2 Å². The first-order chi connectivity index (χ1) is 7.81. The summed E-state index contributed by atoms with van der Waals surface area (Å²) in [5.74, 6) is 0.657. The molecular formula is C11H18N4O. The molecule has 0 amide bonds. The number of hydrogen-bond donors (Lipinski definition) is 1. The van der Waals surface area contributed by atoms with Crippen molar-refractivity contribution in [2.75, 3.05) is 13.1 Å². The van der Waals surface area contributed by atoms with E-state index in [1.165, 1.54) is 0 Å². The van der Waals surface area contributed by atoms with Crippen molar-refractivity contribution in [3.63, 3.8) is 0 Å². The van der Waals surface area contributed by atoms with E-state index < -0.39 is 0 Å². The molecule has 0 spiro atoms. The van der Waals surface area contributed by atoms with Crippen LogP contribution in [-0.2, 0) is 6.54 Å². The lowest BCUT2D eigenvalue weighted by Crippen LogP contribution is -2.16. The molecule has 2 rings (SSSR count). The summed E-state index contributed by atoms with van der Waals surface area (Å²) in [6.07, 6.45) is 4.26. The van der Waals surface area contributed by atoms with Gasteiger partial charge in [0.15, 0.2) is 5.78 Å². The van der Waals surface area contributed by atoms with Gasteiger partial charge in [-0.2, -0.15) is 0 Å². The highest BCUT2D eigenvalue weighted by atomic mass is 16.1. The third-order valence-corrected chi connectivity index (χ3v) is 2.98. The molecule has 0 aliphatic carbocycles. The maximum absolute atomic E-state index is 12.0. The molecule has 0 aromatic carbocycles. The summed E-state index contributed by atoms with van der Waals surface area (Å²) in [7, 11) is 0. The number of carbonyl (C=O) groups excluding carboxylic acids is 1. The van der Waals surface area contributed by atoms with E-state index in [1.807, 2.05) is 0 Å². The topological polar surface area (TPSA) is 59.8 Å². The highest BCUT2D eigenvalue weighted by molar-refractivity contribution is 5.94. The van der Waals surface area contributed by atoms with E-state index in [1.54, 1.807) is 10.9 Å². The largest absolute Gasteiger partial charge is 0.316 e. The van der Waals surface area contributed by atoms with E-state index >= 15 is 0 Å². The van der Waals surface area contributed by atoms with Crippen molar-refractivity contribution in [3.05, 3.63) is 11.9 Å². The highest BCUT2D eigenvalue weighted by Gasteiger charge is 2.21. The van der Waals surface area contributed by atoms with Gasteiger partial charge in [0, 0.05) is 13.0 Å². The molecule has 1 unspecified atom stereocenters. The Morgan fingerprint density at radius 1 is 1.69 bits per heavy atom. The van der Waals surface area contributed by atoms with Crippen molar-refractivity contribution in [1.29, 1.82) is 0 Å². The first-order valence-electron chi connectivity index (χ1n) is 5.93. The number of ketones is 1. The van der Waals surface area contributed by atoms with Crippen molar-refractivity contribution in [3.8, 4) is 0 Å². The summed E-state index contributed by atoms with van der Waals surface area (Å²) in [5.41, 5.74) is 0.661. The molecule has 1 aromatic heterocycles.